The Bertz CT molecular complexity index is 319. The molecule has 0 saturated carbocycles. The molecule has 0 aromatic heterocycles. The van der Waals surface area contributed by atoms with E-state index in [9.17, 15) is 0 Å². The molecule has 2 nitrogen and oxygen atoms in total. The number of nitrogens with zero attached hydrogens (tertiary/aromatic N) is 1. The van der Waals surface area contributed by atoms with Gasteiger partial charge < -0.3 is 10.2 Å². The summed E-state index contributed by atoms with van der Waals surface area (Å²) in [5.41, 5.74) is 1.38. The molecule has 0 radical (unpaired) electrons. The number of allylic oxidation sites excluding steroid dienone is 1. The number of benzene rings is 1. The van der Waals surface area contributed by atoms with Crippen molar-refractivity contribution in [2.75, 3.05) is 19.6 Å². The zero-order chi connectivity index (χ0) is 10.5. The van der Waals surface area contributed by atoms with Crippen molar-refractivity contribution in [2.45, 2.75) is 13.0 Å². The van der Waals surface area contributed by atoms with Gasteiger partial charge >= 0.3 is 0 Å². The Morgan fingerprint density at radius 3 is 2.87 bits per heavy atom. The average Bonchev–Trinajstić information content (AvgIpc) is 2.31. The van der Waals surface area contributed by atoms with Crippen LogP contribution in [-0.4, -0.2) is 24.5 Å². The molecular weight excluding hydrogens is 184 g/mol. The summed E-state index contributed by atoms with van der Waals surface area (Å²) in [6.07, 6.45) is 4.28. The first-order valence-corrected chi connectivity index (χ1v) is 5.55. The van der Waals surface area contributed by atoms with Gasteiger partial charge in [-0.25, -0.2) is 0 Å². The SMILES string of the molecule is C/C=C/N1CCNC(c2ccccc2)C1. The van der Waals surface area contributed by atoms with Crippen LogP contribution in [0.2, 0.25) is 0 Å². The number of rotatable bonds is 2. The van der Waals surface area contributed by atoms with Crippen molar-refractivity contribution in [3.05, 3.63) is 48.2 Å². The minimum atomic E-state index is 0.469. The van der Waals surface area contributed by atoms with Crippen LogP contribution in [0.15, 0.2) is 42.6 Å². The normalized spacial score (nSPS) is 22.2. The molecule has 0 spiro atoms. The third-order valence-electron chi connectivity index (χ3n) is 2.77. The first kappa shape index (κ1) is 10.2. The maximum absolute atomic E-state index is 3.55. The predicted molar refractivity (Wildman–Crippen MR) is 63.6 cm³/mol. The Morgan fingerprint density at radius 1 is 1.33 bits per heavy atom. The molecular formula is C13H18N2. The van der Waals surface area contributed by atoms with Crippen molar-refractivity contribution >= 4 is 0 Å². The summed E-state index contributed by atoms with van der Waals surface area (Å²) in [6, 6.07) is 11.1. The first-order valence-electron chi connectivity index (χ1n) is 5.55. The van der Waals surface area contributed by atoms with E-state index in [1.165, 1.54) is 5.56 Å². The predicted octanol–water partition coefficient (Wildman–Crippen LogP) is 2.17. The molecule has 1 aromatic rings. The van der Waals surface area contributed by atoms with Crippen LogP contribution in [0.1, 0.15) is 18.5 Å². The van der Waals surface area contributed by atoms with E-state index < -0.39 is 0 Å². The fourth-order valence-corrected chi connectivity index (χ4v) is 2.03. The quantitative estimate of drug-likeness (QED) is 0.790. The van der Waals surface area contributed by atoms with Gasteiger partial charge in [-0.15, -0.1) is 0 Å². The van der Waals surface area contributed by atoms with E-state index >= 15 is 0 Å². The molecule has 1 N–H and O–H groups in total. The van der Waals surface area contributed by atoms with E-state index in [1.54, 1.807) is 0 Å². The molecule has 1 aliphatic heterocycles. The van der Waals surface area contributed by atoms with Crippen LogP contribution in [0, 0.1) is 0 Å². The van der Waals surface area contributed by atoms with Gasteiger partial charge in [-0.05, 0) is 18.7 Å². The molecule has 15 heavy (non-hydrogen) atoms. The van der Waals surface area contributed by atoms with E-state index in [2.05, 4.69) is 59.7 Å². The molecule has 0 aliphatic carbocycles. The van der Waals surface area contributed by atoms with Crippen molar-refractivity contribution in [3.63, 3.8) is 0 Å². The van der Waals surface area contributed by atoms with Crippen LogP contribution in [-0.2, 0) is 0 Å². The summed E-state index contributed by atoms with van der Waals surface area (Å²) >= 11 is 0. The molecule has 0 amide bonds. The third-order valence-corrected chi connectivity index (χ3v) is 2.77. The van der Waals surface area contributed by atoms with Gasteiger partial charge in [0, 0.05) is 25.7 Å². The molecule has 80 valence electrons. The third kappa shape index (κ3) is 2.60. The lowest BCUT2D eigenvalue weighted by molar-refractivity contribution is 0.267. The lowest BCUT2D eigenvalue weighted by Crippen LogP contribution is -2.43. The van der Waals surface area contributed by atoms with Gasteiger partial charge in [0.1, 0.15) is 0 Å². The van der Waals surface area contributed by atoms with Crippen LogP contribution in [0.5, 0.6) is 0 Å². The van der Waals surface area contributed by atoms with Gasteiger partial charge in [0.05, 0.1) is 0 Å². The Hall–Kier alpha value is -1.28. The van der Waals surface area contributed by atoms with E-state index in [0.717, 1.165) is 19.6 Å². The van der Waals surface area contributed by atoms with Crippen molar-refractivity contribution in [3.8, 4) is 0 Å². The number of hydrogen-bond donors (Lipinski definition) is 1. The Kier molecular flexibility index (Phi) is 3.41. The van der Waals surface area contributed by atoms with Gasteiger partial charge in [-0.2, -0.15) is 0 Å². The second kappa shape index (κ2) is 4.99. The molecule has 1 unspecified atom stereocenters. The van der Waals surface area contributed by atoms with Crippen molar-refractivity contribution in [2.24, 2.45) is 0 Å². The van der Waals surface area contributed by atoms with Gasteiger partial charge in [0.2, 0.25) is 0 Å². The van der Waals surface area contributed by atoms with E-state index in [1.807, 2.05) is 0 Å². The number of hydrogen-bond acceptors (Lipinski definition) is 2. The molecule has 1 fully saturated rings. The lowest BCUT2D eigenvalue weighted by Gasteiger charge is -2.33. The summed E-state index contributed by atoms with van der Waals surface area (Å²) in [5, 5.41) is 3.55. The minimum Gasteiger partial charge on any atom is -0.375 e. The molecule has 2 rings (SSSR count). The molecule has 1 saturated heterocycles. The smallest absolute Gasteiger partial charge is 0.0498 e. The second-order valence-corrected chi connectivity index (χ2v) is 3.89. The average molecular weight is 202 g/mol. The van der Waals surface area contributed by atoms with Crippen LogP contribution >= 0.6 is 0 Å². The van der Waals surface area contributed by atoms with E-state index in [0.29, 0.717) is 6.04 Å². The summed E-state index contributed by atoms with van der Waals surface area (Å²) in [5.74, 6) is 0. The zero-order valence-electron chi connectivity index (χ0n) is 9.19. The molecule has 0 bridgehead atoms. The zero-order valence-corrected chi connectivity index (χ0v) is 9.19. The first-order chi connectivity index (χ1) is 7.40. The van der Waals surface area contributed by atoms with Gasteiger partial charge in [0.25, 0.3) is 0 Å². The minimum absolute atomic E-state index is 0.469. The van der Waals surface area contributed by atoms with Crippen molar-refractivity contribution in [1.82, 2.24) is 10.2 Å². The summed E-state index contributed by atoms with van der Waals surface area (Å²) < 4.78 is 0. The molecule has 2 heteroatoms. The summed E-state index contributed by atoms with van der Waals surface area (Å²) in [6.45, 7) is 5.30. The van der Waals surface area contributed by atoms with Gasteiger partial charge in [-0.1, -0.05) is 36.4 Å². The monoisotopic (exact) mass is 202 g/mol. The highest BCUT2D eigenvalue weighted by Gasteiger charge is 2.17. The highest BCUT2D eigenvalue weighted by Crippen LogP contribution is 2.16. The Morgan fingerprint density at radius 2 is 2.13 bits per heavy atom. The summed E-state index contributed by atoms with van der Waals surface area (Å²) in [4.78, 5) is 2.37. The lowest BCUT2D eigenvalue weighted by atomic mass is 10.1. The topological polar surface area (TPSA) is 15.3 Å². The fourth-order valence-electron chi connectivity index (χ4n) is 2.03. The van der Waals surface area contributed by atoms with Crippen LogP contribution in [0.3, 0.4) is 0 Å². The Balaban J connectivity index is 2.04. The van der Waals surface area contributed by atoms with Gasteiger partial charge in [-0.3, -0.25) is 0 Å². The van der Waals surface area contributed by atoms with Crippen LogP contribution in [0.25, 0.3) is 0 Å². The largest absolute Gasteiger partial charge is 0.375 e. The Labute approximate surface area is 91.6 Å². The maximum Gasteiger partial charge on any atom is 0.0498 e. The molecule has 1 heterocycles. The second-order valence-electron chi connectivity index (χ2n) is 3.89. The highest BCUT2D eigenvalue weighted by atomic mass is 15.2. The van der Waals surface area contributed by atoms with Crippen molar-refractivity contribution < 1.29 is 0 Å². The standard InChI is InChI=1S/C13H18N2/c1-2-9-15-10-8-14-13(11-15)12-6-4-3-5-7-12/h2-7,9,13-14H,8,10-11H2,1H3/b9-2+. The van der Waals surface area contributed by atoms with E-state index in [-0.39, 0.29) is 0 Å². The molecule has 1 atom stereocenters. The number of piperazine rings is 1. The number of nitrogens with one attached hydrogen (secondary N) is 1. The summed E-state index contributed by atoms with van der Waals surface area (Å²) in [7, 11) is 0. The van der Waals surface area contributed by atoms with E-state index in [4.69, 9.17) is 0 Å². The van der Waals surface area contributed by atoms with Gasteiger partial charge in [0.15, 0.2) is 0 Å². The maximum atomic E-state index is 3.55. The molecule has 1 aliphatic rings. The van der Waals surface area contributed by atoms with Crippen LogP contribution in [0.4, 0.5) is 0 Å². The highest BCUT2D eigenvalue weighted by molar-refractivity contribution is 5.20. The molecule has 1 aromatic carbocycles. The fraction of sp³-hybridized carbons (Fsp3) is 0.385. The van der Waals surface area contributed by atoms with Crippen molar-refractivity contribution in [1.29, 1.82) is 0 Å². The van der Waals surface area contributed by atoms with Crippen LogP contribution < -0.4 is 5.32 Å².